The van der Waals surface area contributed by atoms with Gasteiger partial charge in [-0.3, -0.25) is 0 Å². The first-order chi connectivity index (χ1) is 10.3. The van der Waals surface area contributed by atoms with E-state index >= 15 is 0 Å². The lowest BCUT2D eigenvalue weighted by molar-refractivity contribution is 0.0472. The minimum atomic E-state index is -3.13. The van der Waals surface area contributed by atoms with Gasteiger partial charge in [-0.15, -0.1) is 0 Å². The van der Waals surface area contributed by atoms with Gasteiger partial charge in [-0.1, -0.05) is 42.0 Å². The molecule has 0 unspecified atom stereocenters. The summed E-state index contributed by atoms with van der Waals surface area (Å²) in [5.41, 5.74) is 2.98. The lowest BCUT2D eigenvalue weighted by Gasteiger charge is -2.07. The maximum atomic E-state index is 12.0. The Kier molecular flexibility index (Phi) is 4.98. The highest BCUT2D eigenvalue weighted by Gasteiger charge is 2.10. The highest BCUT2D eigenvalue weighted by atomic mass is 32.2. The van der Waals surface area contributed by atoms with Gasteiger partial charge in [-0.25, -0.2) is 13.2 Å². The molecule has 0 aliphatic heterocycles. The molecule has 0 aliphatic carbocycles. The molecule has 0 spiro atoms. The molecule has 0 radical (unpaired) electrons. The van der Waals surface area contributed by atoms with E-state index in [0.717, 1.165) is 17.4 Å². The standard InChI is InChI=1S/C17H18O4S/c1-13-6-8-14(9-7-13)11-21-17(18)16-5-3-4-15(10-16)12-22(2,19)20/h3-10H,11-12H2,1-2H3. The molecule has 0 aliphatic rings. The smallest absolute Gasteiger partial charge is 0.338 e. The third kappa shape index (κ3) is 5.00. The topological polar surface area (TPSA) is 60.4 Å². The summed E-state index contributed by atoms with van der Waals surface area (Å²) >= 11 is 0. The van der Waals surface area contributed by atoms with Crippen LogP contribution in [0.1, 0.15) is 27.0 Å². The molecule has 2 rings (SSSR count). The van der Waals surface area contributed by atoms with Crippen LogP contribution >= 0.6 is 0 Å². The van der Waals surface area contributed by atoms with E-state index in [2.05, 4.69) is 0 Å². The van der Waals surface area contributed by atoms with Crippen LogP contribution in [-0.4, -0.2) is 20.6 Å². The van der Waals surface area contributed by atoms with Gasteiger partial charge in [0.05, 0.1) is 11.3 Å². The van der Waals surface area contributed by atoms with Crippen LogP contribution in [0.5, 0.6) is 0 Å². The molecule has 0 heterocycles. The predicted molar refractivity (Wildman–Crippen MR) is 85.3 cm³/mol. The summed E-state index contributed by atoms with van der Waals surface area (Å²) in [4.78, 5) is 12.0. The fourth-order valence-electron chi connectivity index (χ4n) is 2.01. The first-order valence-corrected chi connectivity index (χ1v) is 8.89. The van der Waals surface area contributed by atoms with Crippen LogP contribution in [0, 0.1) is 6.92 Å². The Morgan fingerprint density at radius 1 is 1.05 bits per heavy atom. The zero-order valence-electron chi connectivity index (χ0n) is 12.6. The fraction of sp³-hybridized carbons (Fsp3) is 0.235. The largest absolute Gasteiger partial charge is 0.457 e. The van der Waals surface area contributed by atoms with Crippen molar-refractivity contribution in [3.05, 3.63) is 70.8 Å². The summed E-state index contributed by atoms with van der Waals surface area (Å²) in [6, 6.07) is 14.2. The number of esters is 1. The molecular formula is C17H18O4S. The van der Waals surface area contributed by atoms with Gasteiger partial charge < -0.3 is 4.74 Å². The second-order valence-electron chi connectivity index (χ2n) is 5.33. The number of hydrogen-bond acceptors (Lipinski definition) is 4. The Bertz CT molecular complexity index is 762. The van der Waals surface area contributed by atoms with Crippen molar-refractivity contribution in [2.45, 2.75) is 19.3 Å². The number of aryl methyl sites for hydroxylation is 1. The lowest BCUT2D eigenvalue weighted by atomic mass is 10.1. The van der Waals surface area contributed by atoms with E-state index in [-0.39, 0.29) is 12.4 Å². The van der Waals surface area contributed by atoms with Gasteiger partial charge in [0.25, 0.3) is 0 Å². The van der Waals surface area contributed by atoms with E-state index in [9.17, 15) is 13.2 Å². The van der Waals surface area contributed by atoms with Gasteiger partial charge in [0.2, 0.25) is 0 Å². The molecule has 2 aromatic rings. The SMILES string of the molecule is Cc1ccc(COC(=O)c2cccc(CS(C)(=O)=O)c2)cc1. The number of hydrogen-bond donors (Lipinski definition) is 0. The van der Waals surface area contributed by atoms with E-state index in [1.165, 1.54) is 0 Å². The maximum Gasteiger partial charge on any atom is 0.338 e. The van der Waals surface area contributed by atoms with E-state index < -0.39 is 15.8 Å². The summed E-state index contributed by atoms with van der Waals surface area (Å²) in [6.45, 7) is 2.18. The average Bonchev–Trinajstić information content (AvgIpc) is 2.45. The number of sulfone groups is 1. The lowest BCUT2D eigenvalue weighted by Crippen LogP contribution is -2.07. The molecule has 2 aromatic carbocycles. The second-order valence-corrected chi connectivity index (χ2v) is 7.47. The van der Waals surface area contributed by atoms with Crippen LogP contribution in [0.25, 0.3) is 0 Å². The van der Waals surface area contributed by atoms with Crippen LogP contribution in [0.2, 0.25) is 0 Å². The van der Waals surface area contributed by atoms with E-state index in [0.29, 0.717) is 11.1 Å². The van der Waals surface area contributed by atoms with Crippen LogP contribution in [0.15, 0.2) is 48.5 Å². The van der Waals surface area contributed by atoms with Crippen molar-refractivity contribution in [2.75, 3.05) is 6.26 Å². The number of ether oxygens (including phenoxy) is 1. The Morgan fingerprint density at radius 2 is 1.73 bits per heavy atom. The summed E-state index contributed by atoms with van der Waals surface area (Å²) in [5.74, 6) is -0.553. The summed E-state index contributed by atoms with van der Waals surface area (Å²) < 4.78 is 27.9. The van der Waals surface area contributed by atoms with Crippen molar-refractivity contribution >= 4 is 15.8 Å². The third-order valence-electron chi connectivity index (χ3n) is 3.08. The van der Waals surface area contributed by atoms with Gasteiger partial charge in [0, 0.05) is 6.26 Å². The fourth-order valence-corrected chi connectivity index (χ4v) is 2.79. The Balaban J connectivity index is 2.03. The second kappa shape index (κ2) is 6.75. The predicted octanol–water partition coefficient (Wildman–Crippen LogP) is 2.90. The Hall–Kier alpha value is -2.14. The molecule has 0 fully saturated rings. The highest BCUT2D eigenvalue weighted by molar-refractivity contribution is 7.89. The Morgan fingerprint density at radius 3 is 2.36 bits per heavy atom. The number of carbonyl (C=O) groups excluding carboxylic acids is 1. The first kappa shape index (κ1) is 16.2. The molecule has 4 nitrogen and oxygen atoms in total. The van der Waals surface area contributed by atoms with Crippen LogP contribution in [0.3, 0.4) is 0 Å². The average molecular weight is 318 g/mol. The van der Waals surface area contributed by atoms with Crippen LogP contribution < -0.4 is 0 Å². The maximum absolute atomic E-state index is 12.0. The van der Waals surface area contributed by atoms with Gasteiger partial charge in [0.15, 0.2) is 9.84 Å². The van der Waals surface area contributed by atoms with Crippen molar-refractivity contribution in [1.29, 1.82) is 0 Å². The normalized spacial score (nSPS) is 11.2. The van der Waals surface area contributed by atoms with E-state index in [1.807, 2.05) is 31.2 Å². The van der Waals surface area contributed by atoms with E-state index in [1.54, 1.807) is 24.3 Å². The molecule has 0 atom stereocenters. The molecule has 5 heteroatoms. The zero-order valence-corrected chi connectivity index (χ0v) is 13.4. The zero-order chi connectivity index (χ0) is 16.2. The third-order valence-corrected chi connectivity index (χ3v) is 3.94. The van der Waals surface area contributed by atoms with Crippen molar-refractivity contribution in [1.82, 2.24) is 0 Å². The van der Waals surface area contributed by atoms with Crippen LogP contribution in [-0.2, 0) is 26.9 Å². The molecular weight excluding hydrogens is 300 g/mol. The summed E-state index contributed by atoms with van der Waals surface area (Å²) in [6.07, 6.45) is 1.16. The minimum Gasteiger partial charge on any atom is -0.457 e. The summed E-state index contributed by atoms with van der Waals surface area (Å²) in [7, 11) is -3.13. The molecule has 0 aromatic heterocycles. The summed E-state index contributed by atoms with van der Waals surface area (Å²) in [5, 5.41) is 0. The van der Waals surface area contributed by atoms with Crippen molar-refractivity contribution in [2.24, 2.45) is 0 Å². The quantitative estimate of drug-likeness (QED) is 0.795. The molecule has 0 amide bonds. The monoisotopic (exact) mass is 318 g/mol. The minimum absolute atomic E-state index is 0.0912. The number of carbonyl (C=O) groups is 1. The van der Waals surface area contributed by atoms with Crippen molar-refractivity contribution < 1.29 is 17.9 Å². The van der Waals surface area contributed by atoms with Crippen molar-refractivity contribution in [3.63, 3.8) is 0 Å². The van der Waals surface area contributed by atoms with E-state index in [4.69, 9.17) is 4.74 Å². The molecule has 116 valence electrons. The molecule has 0 saturated carbocycles. The highest BCUT2D eigenvalue weighted by Crippen LogP contribution is 2.11. The molecule has 22 heavy (non-hydrogen) atoms. The molecule has 0 saturated heterocycles. The van der Waals surface area contributed by atoms with Gasteiger partial charge in [-0.2, -0.15) is 0 Å². The number of benzene rings is 2. The molecule has 0 bridgehead atoms. The van der Waals surface area contributed by atoms with Gasteiger partial charge in [-0.05, 0) is 30.2 Å². The number of rotatable bonds is 5. The van der Waals surface area contributed by atoms with Gasteiger partial charge in [0.1, 0.15) is 6.61 Å². The Labute approximate surface area is 130 Å². The van der Waals surface area contributed by atoms with Gasteiger partial charge >= 0.3 is 5.97 Å². The van der Waals surface area contributed by atoms with Crippen LogP contribution in [0.4, 0.5) is 0 Å². The first-order valence-electron chi connectivity index (χ1n) is 6.83. The van der Waals surface area contributed by atoms with Crippen molar-refractivity contribution in [3.8, 4) is 0 Å². The molecule has 0 N–H and O–H groups in total.